The van der Waals surface area contributed by atoms with Gasteiger partial charge in [-0.25, -0.2) is 0 Å². The van der Waals surface area contributed by atoms with E-state index in [-0.39, 0.29) is 5.69 Å². The average molecular weight is 365 g/mol. The highest BCUT2D eigenvalue weighted by Gasteiger charge is 2.30. The van der Waals surface area contributed by atoms with Crippen molar-refractivity contribution < 1.29 is 22.8 Å². The lowest BCUT2D eigenvalue weighted by Crippen LogP contribution is -2.40. The number of rotatable bonds is 5. The standard InChI is InChI=1S/C18H18F3N3O2/c1-2-24(11-8-13-6-9-22-10-7-13)17(26)16(25)23-15-5-3-4-14(12-15)18(19,20)21/h3-7,9-10,12H,2,8,11H2,1H3,(H,23,25). The van der Waals surface area contributed by atoms with E-state index < -0.39 is 23.6 Å². The van der Waals surface area contributed by atoms with Gasteiger partial charge in [-0.05, 0) is 49.2 Å². The second kappa shape index (κ2) is 8.46. The Kier molecular flexibility index (Phi) is 6.32. The van der Waals surface area contributed by atoms with Crippen molar-refractivity contribution in [2.24, 2.45) is 0 Å². The third-order valence-electron chi connectivity index (χ3n) is 3.73. The van der Waals surface area contributed by atoms with Crippen molar-refractivity contribution in [3.8, 4) is 0 Å². The molecule has 138 valence electrons. The molecular formula is C18H18F3N3O2. The van der Waals surface area contributed by atoms with Gasteiger partial charge >= 0.3 is 18.0 Å². The molecule has 1 heterocycles. The Bertz CT molecular complexity index is 764. The van der Waals surface area contributed by atoms with Gasteiger partial charge in [0.1, 0.15) is 0 Å². The van der Waals surface area contributed by atoms with Crippen LogP contribution in [-0.4, -0.2) is 34.8 Å². The van der Waals surface area contributed by atoms with E-state index in [9.17, 15) is 22.8 Å². The molecule has 1 aromatic heterocycles. The Hall–Kier alpha value is -2.90. The summed E-state index contributed by atoms with van der Waals surface area (Å²) in [5.41, 5.74) is -0.0133. The molecule has 0 radical (unpaired) electrons. The van der Waals surface area contributed by atoms with Gasteiger partial charge in [0.15, 0.2) is 0 Å². The summed E-state index contributed by atoms with van der Waals surface area (Å²) < 4.78 is 38.1. The van der Waals surface area contributed by atoms with Gasteiger partial charge < -0.3 is 10.2 Å². The number of hydrogen-bond donors (Lipinski definition) is 1. The van der Waals surface area contributed by atoms with Crippen molar-refractivity contribution >= 4 is 17.5 Å². The van der Waals surface area contributed by atoms with Crippen LogP contribution in [0, 0.1) is 0 Å². The van der Waals surface area contributed by atoms with Crippen LogP contribution in [0.2, 0.25) is 0 Å². The van der Waals surface area contributed by atoms with Crippen LogP contribution in [-0.2, 0) is 22.2 Å². The van der Waals surface area contributed by atoms with Gasteiger partial charge in [-0.3, -0.25) is 14.6 Å². The van der Waals surface area contributed by atoms with Gasteiger partial charge in [-0.2, -0.15) is 13.2 Å². The number of benzene rings is 1. The number of carbonyl (C=O) groups is 2. The van der Waals surface area contributed by atoms with E-state index in [1.807, 2.05) is 0 Å². The summed E-state index contributed by atoms with van der Waals surface area (Å²) in [5.74, 6) is -1.76. The fraction of sp³-hybridized carbons (Fsp3) is 0.278. The number of alkyl halides is 3. The van der Waals surface area contributed by atoms with Crippen LogP contribution in [0.25, 0.3) is 0 Å². The SMILES string of the molecule is CCN(CCc1ccncc1)C(=O)C(=O)Nc1cccc(C(F)(F)F)c1. The Labute approximate surface area is 148 Å². The van der Waals surface area contributed by atoms with Crippen molar-refractivity contribution in [2.75, 3.05) is 18.4 Å². The predicted octanol–water partition coefficient (Wildman–Crippen LogP) is 3.13. The zero-order valence-electron chi connectivity index (χ0n) is 14.1. The minimum atomic E-state index is -4.52. The molecule has 1 aromatic carbocycles. The number of carbonyl (C=O) groups excluding carboxylic acids is 2. The minimum absolute atomic E-state index is 0.0802. The zero-order chi connectivity index (χ0) is 19.2. The highest BCUT2D eigenvalue weighted by Crippen LogP contribution is 2.30. The molecule has 26 heavy (non-hydrogen) atoms. The molecule has 0 saturated heterocycles. The molecule has 0 spiro atoms. The van der Waals surface area contributed by atoms with Crippen molar-refractivity contribution in [1.29, 1.82) is 0 Å². The molecule has 0 aliphatic heterocycles. The number of halogens is 3. The summed E-state index contributed by atoms with van der Waals surface area (Å²) in [6.45, 7) is 2.34. The molecular weight excluding hydrogens is 347 g/mol. The Balaban J connectivity index is 2.00. The first-order valence-electron chi connectivity index (χ1n) is 7.97. The highest BCUT2D eigenvalue weighted by molar-refractivity contribution is 6.39. The number of nitrogens with zero attached hydrogens (tertiary/aromatic N) is 2. The maximum absolute atomic E-state index is 12.7. The van der Waals surface area contributed by atoms with Crippen LogP contribution in [0.15, 0.2) is 48.8 Å². The topological polar surface area (TPSA) is 62.3 Å². The average Bonchev–Trinajstić information content (AvgIpc) is 2.62. The van der Waals surface area contributed by atoms with E-state index >= 15 is 0 Å². The van der Waals surface area contributed by atoms with Gasteiger partial charge in [-0.15, -0.1) is 0 Å². The number of amides is 2. The van der Waals surface area contributed by atoms with Crippen molar-refractivity contribution in [1.82, 2.24) is 9.88 Å². The van der Waals surface area contributed by atoms with Gasteiger partial charge in [0.25, 0.3) is 0 Å². The third kappa shape index (κ3) is 5.30. The first-order valence-corrected chi connectivity index (χ1v) is 7.97. The maximum Gasteiger partial charge on any atom is 0.416 e. The number of pyridine rings is 1. The molecule has 0 aliphatic carbocycles. The van der Waals surface area contributed by atoms with E-state index in [1.54, 1.807) is 31.5 Å². The molecule has 0 aliphatic rings. The first kappa shape index (κ1) is 19.4. The summed E-state index contributed by atoms with van der Waals surface area (Å²) in [7, 11) is 0. The van der Waals surface area contributed by atoms with Gasteiger partial charge in [0.2, 0.25) is 0 Å². The molecule has 2 aromatic rings. The van der Waals surface area contributed by atoms with Gasteiger partial charge in [0.05, 0.1) is 5.56 Å². The second-order valence-corrected chi connectivity index (χ2v) is 5.52. The lowest BCUT2D eigenvalue weighted by molar-refractivity contribution is -0.143. The summed E-state index contributed by atoms with van der Waals surface area (Å²) in [4.78, 5) is 29.6. The molecule has 5 nitrogen and oxygen atoms in total. The molecule has 0 saturated carbocycles. The van der Waals surface area contributed by atoms with Crippen LogP contribution in [0.4, 0.5) is 18.9 Å². The largest absolute Gasteiger partial charge is 0.416 e. The Morgan fingerprint density at radius 3 is 2.46 bits per heavy atom. The smallest absolute Gasteiger partial charge is 0.334 e. The van der Waals surface area contributed by atoms with Crippen LogP contribution < -0.4 is 5.32 Å². The molecule has 8 heteroatoms. The summed E-state index contributed by atoms with van der Waals surface area (Å²) in [6, 6.07) is 7.77. The normalized spacial score (nSPS) is 11.1. The monoisotopic (exact) mass is 365 g/mol. The lowest BCUT2D eigenvalue weighted by Gasteiger charge is -2.20. The van der Waals surface area contributed by atoms with E-state index in [1.165, 1.54) is 17.0 Å². The lowest BCUT2D eigenvalue weighted by atomic mass is 10.2. The van der Waals surface area contributed by atoms with E-state index in [2.05, 4.69) is 10.3 Å². The molecule has 0 fully saturated rings. The maximum atomic E-state index is 12.7. The summed E-state index contributed by atoms with van der Waals surface area (Å²) >= 11 is 0. The molecule has 2 amide bonds. The number of nitrogens with one attached hydrogen (secondary N) is 1. The molecule has 1 N–H and O–H groups in total. The quantitative estimate of drug-likeness (QED) is 0.828. The van der Waals surface area contributed by atoms with Crippen LogP contribution >= 0.6 is 0 Å². The van der Waals surface area contributed by atoms with Crippen molar-refractivity contribution in [3.63, 3.8) is 0 Å². The number of likely N-dealkylation sites (N-methyl/N-ethyl adjacent to an activating group) is 1. The fourth-order valence-corrected chi connectivity index (χ4v) is 2.32. The van der Waals surface area contributed by atoms with Crippen LogP contribution in [0.3, 0.4) is 0 Å². The Morgan fingerprint density at radius 2 is 1.85 bits per heavy atom. The van der Waals surface area contributed by atoms with Gasteiger partial charge in [-0.1, -0.05) is 6.07 Å². The zero-order valence-corrected chi connectivity index (χ0v) is 14.1. The Morgan fingerprint density at radius 1 is 1.15 bits per heavy atom. The third-order valence-corrected chi connectivity index (χ3v) is 3.73. The number of anilines is 1. The second-order valence-electron chi connectivity index (χ2n) is 5.52. The summed E-state index contributed by atoms with van der Waals surface area (Å²) in [5, 5.41) is 2.23. The fourth-order valence-electron chi connectivity index (χ4n) is 2.32. The van der Waals surface area contributed by atoms with Crippen molar-refractivity contribution in [2.45, 2.75) is 19.5 Å². The molecule has 0 atom stereocenters. The summed E-state index contributed by atoms with van der Waals surface area (Å²) in [6.07, 6.45) is -0.717. The highest BCUT2D eigenvalue weighted by atomic mass is 19.4. The number of aromatic nitrogens is 1. The van der Waals surface area contributed by atoms with E-state index in [0.29, 0.717) is 19.5 Å². The van der Waals surface area contributed by atoms with Gasteiger partial charge in [0, 0.05) is 31.2 Å². The minimum Gasteiger partial charge on any atom is -0.334 e. The molecule has 0 unspecified atom stereocenters. The van der Waals surface area contributed by atoms with Crippen LogP contribution in [0.1, 0.15) is 18.1 Å². The van der Waals surface area contributed by atoms with E-state index in [4.69, 9.17) is 0 Å². The van der Waals surface area contributed by atoms with Crippen LogP contribution in [0.5, 0.6) is 0 Å². The van der Waals surface area contributed by atoms with E-state index in [0.717, 1.165) is 17.7 Å². The number of hydrogen-bond acceptors (Lipinski definition) is 3. The predicted molar refractivity (Wildman–Crippen MR) is 90.3 cm³/mol. The first-order chi connectivity index (χ1) is 12.3. The molecule has 0 bridgehead atoms. The molecule has 2 rings (SSSR count). The van der Waals surface area contributed by atoms with Crippen molar-refractivity contribution in [3.05, 3.63) is 59.9 Å².